The molecule has 1 N–H and O–H groups in total. The number of H-pyrrole nitrogens is 1. The summed E-state index contributed by atoms with van der Waals surface area (Å²) in [4.78, 5) is 5.80. The van der Waals surface area contributed by atoms with E-state index in [1.165, 1.54) is 23.0 Å². The van der Waals surface area contributed by atoms with E-state index < -0.39 is 0 Å². The summed E-state index contributed by atoms with van der Waals surface area (Å²) >= 11 is 5.45. The summed E-state index contributed by atoms with van der Waals surface area (Å²) in [6, 6.07) is 6.36. The van der Waals surface area contributed by atoms with Crippen molar-refractivity contribution < 1.29 is 0 Å². The molecule has 3 nitrogen and oxygen atoms in total. The quantitative estimate of drug-likeness (QED) is 0.813. The summed E-state index contributed by atoms with van der Waals surface area (Å²) in [5.41, 5.74) is 3.65. The highest BCUT2D eigenvalue weighted by Crippen LogP contribution is 2.17. The van der Waals surface area contributed by atoms with Crippen LogP contribution in [0.2, 0.25) is 0 Å². The monoisotopic (exact) mass is 277 g/mol. The molecule has 0 saturated heterocycles. The molecule has 0 aliphatic carbocycles. The van der Waals surface area contributed by atoms with Gasteiger partial charge >= 0.3 is 0 Å². The summed E-state index contributed by atoms with van der Waals surface area (Å²) in [6.07, 6.45) is 1.20. The molecule has 104 valence electrons. The van der Waals surface area contributed by atoms with E-state index in [9.17, 15) is 0 Å². The van der Waals surface area contributed by atoms with Gasteiger partial charge in [-0.25, -0.2) is 0 Å². The average Bonchev–Trinajstić information content (AvgIpc) is 2.72. The van der Waals surface area contributed by atoms with E-state index in [-0.39, 0.29) is 0 Å². The highest BCUT2D eigenvalue weighted by Gasteiger charge is 2.07. The summed E-state index contributed by atoms with van der Waals surface area (Å²) in [5.74, 6) is 0. The molecule has 0 radical (unpaired) electrons. The molecule has 0 aliphatic heterocycles. The van der Waals surface area contributed by atoms with Gasteiger partial charge in [-0.1, -0.05) is 26.0 Å². The lowest BCUT2D eigenvalue weighted by molar-refractivity contribution is 0.277. The fourth-order valence-corrected chi connectivity index (χ4v) is 2.82. The number of aromatic nitrogens is 2. The number of fused-ring (bicyclic) bond motifs is 1. The van der Waals surface area contributed by atoms with Crippen LogP contribution in [0.15, 0.2) is 18.2 Å². The molecule has 2 rings (SSSR count). The third-order valence-electron chi connectivity index (χ3n) is 3.65. The van der Waals surface area contributed by atoms with Crippen molar-refractivity contribution in [3.05, 3.63) is 28.5 Å². The van der Waals surface area contributed by atoms with Crippen molar-refractivity contribution in [2.24, 2.45) is 0 Å². The maximum absolute atomic E-state index is 5.45. The molecule has 0 bridgehead atoms. The Kier molecular flexibility index (Phi) is 4.77. The number of para-hydroxylation sites is 1. The number of rotatable bonds is 6. The number of nitrogens with one attached hydrogen (secondary N) is 1. The maximum Gasteiger partial charge on any atom is 0.178 e. The van der Waals surface area contributed by atoms with Gasteiger partial charge in [-0.05, 0) is 50.3 Å². The van der Waals surface area contributed by atoms with E-state index in [0.717, 1.165) is 31.0 Å². The first-order chi connectivity index (χ1) is 9.17. The van der Waals surface area contributed by atoms with Gasteiger partial charge in [0.25, 0.3) is 0 Å². The van der Waals surface area contributed by atoms with Crippen molar-refractivity contribution in [1.82, 2.24) is 14.5 Å². The zero-order valence-corrected chi connectivity index (χ0v) is 12.9. The summed E-state index contributed by atoms with van der Waals surface area (Å²) in [7, 11) is 0. The number of imidazole rings is 1. The summed E-state index contributed by atoms with van der Waals surface area (Å²) in [5, 5.41) is 0. The van der Waals surface area contributed by atoms with Gasteiger partial charge in [0.2, 0.25) is 0 Å². The minimum atomic E-state index is 0.830. The Bertz CT molecular complexity index is 597. The highest BCUT2D eigenvalue weighted by atomic mass is 32.1. The van der Waals surface area contributed by atoms with E-state index in [4.69, 9.17) is 12.2 Å². The van der Waals surface area contributed by atoms with E-state index in [1.807, 2.05) is 0 Å². The number of aromatic amines is 1. The number of aryl methyl sites for hydroxylation is 1. The van der Waals surface area contributed by atoms with Gasteiger partial charge < -0.3 is 14.5 Å². The molecule has 1 aromatic heterocycles. The Morgan fingerprint density at radius 1 is 1.26 bits per heavy atom. The first kappa shape index (κ1) is 14.3. The van der Waals surface area contributed by atoms with Crippen LogP contribution in [0.1, 0.15) is 25.8 Å². The predicted octanol–water partition coefficient (Wildman–Crippen LogP) is 3.74. The van der Waals surface area contributed by atoms with Crippen molar-refractivity contribution >= 4 is 23.3 Å². The largest absolute Gasteiger partial charge is 0.330 e. The van der Waals surface area contributed by atoms with E-state index in [1.54, 1.807) is 0 Å². The molecule has 19 heavy (non-hydrogen) atoms. The van der Waals surface area contributed by atoms with Gasteiger partial charge in [0, 0.05) is 13.1 Å². The zero-order valence-electron chi connectivity index (χ0n) is 12.1. The van der Waals surface area contributed by atoms with Crippen LogP contribution in [0.25, 0.3) is 11.0 Å². The Hall–Kier alpha value is -1.13. The third kappa shape index (κ3) is 3.07. The molecule has 0 amide bonds. The van der Waals surface area contributed by atoms with Gasteiger partial charge in [0.1, 0.15) is 0 Å². The molecule has 2 aromatic rings. The van der Waals surface area contributed by atoms with E-state index in [2.05, 4.69) is 53.4 Å². The second kappa shape index (κ2) is 6.35. The first-order valence-corrected chi connectivity index (χ1v) is 7.48. The van der Waals surface area contributed by atoms with Gasteiger partial charge in [0.05, 0.1) is 11.0 Å². The van der Waals surface area contributed by atoms with Gasteiger partial charge in [-0.3, -0.25) is 0 Å². The number of benzene rings is 1. The van der Waals surface area contributed by atoms with Crippen LogP contribution in [0, 0.1) is 11.7 Å². The van der Waals surface area contributed by atoms with Crippen molar-refractivity contribution in [3.63, 3.8) is 0 Å². The van der Waals surface area contributed by atoms with E-state index in [0.29, 0.717) is 0 Å². The minimum absolute atomic E-state index is 0.830. The molecular weight excluding hydrogens is 254 g/mol. The van der Waals surface area contributed by atoms with Gasteiger partial charge in [-0.2, -0.15) is 0 Å². The molecule has 0 atom stereocenters. The maximum atomic E-state index is 5.45. The predicted molar refractivity (Wildman–Crippen MR) is 84.3 cm³/mol. The number of nitrogens with zero attached hydrogens (tertiary/aromatic N) is 2. The number of hydrogen-bond donors (Lipinski definition) is 1. The molecule has 0 saturated carbocycles. The fourth-order valence-electron chi connectivity index (χ4n) is 2.53. The van der Waals surface area contributed by atoms with Crippen molar-refractivity contribution in [2.75, 3.05) is 19.6 Å². The average molecular weight is 277 g/mol. The molecule has 1 aromatic carbocycles. The van der Waals surface area contributed by atoms with Crippen LogP contribution < -0.4 is 0 Å². The topological polar surface area (TPSA) is 24.0 Å². The van der Waals surface area contributed by atoms with Gasteiger partial charge in [0.15, 0.2) is 4.77 Å². The molecule has 1 heterocycles. The molecule has 0 spiro atoms. The Morgan fingerprint density at radius 2 is 2.05 bits per heavy atom. The van der Waals surface area contributed by atoms with Crippen LogP contribution in [-0.4, -0.2) is 34.1 Å². The minimum Gasteiger partial charge on any atom is -0.330 e. The lowest BCUT2D eigenvalue weighted by Gasteiger charge is -2.19. The number of hydrogen-bond acceptors (Lipinski definition) is 2. The second-order valence-corrected chi connectivity index (χ2v) is 5.37. The number of likely N-dealkylation sites (N-methyl/N-ethyl adjacent to an activating group) is 1. The van der Waals surface area contributed by atoms with Crippen LogP contribution in [0.3, 0.4) is 0 Å². The van der Waals surface area contributed by atoms with Crippen LogP contribution in [-0.2, 0) is 6.54 Å². The molecular formula is C15H23N3S. The van der Waals surface area contributed by atoms with Crippen molar-refractivity contribution in [3.8, 4) is 0 Å². The molecule has 0 unspecified atom stereocenters. The lowest BCUT2D eigenvalue weighted by atomic mass is 10.2. The normalized spacial score (nSPS) is 11.6. The van der Waals surface area contributed by atoms with Crippen LogP contribution >= 0.6 is 12.2 Å². The van der Waals surface area contributed by atoms with Gasteiger partial charge in [-0.15, -0.1) is 0 Å². The molecule has 0 fully saturated rings. The first-order valence-electron chi connectivity index (χ1n) is 7.07. The molecule has 4 heteroatoms. The van der Waals surface area contributed by atoms with Crippen molar-refractivity contribution in [2.45, 2.75) is 33.7 Å². The fraction of sp³-hybridized carbons (Fsp3) is 0.533. The van der Waals surface area contributed by atoms with Crippen LogP contribution in [0.5, 0.6) is 0 Å². The summed E-state index contributed by atoms with van der Waals surface area (Å²) < 4.78 is 3.05. The second-order valence-electron chi connectivity index (χ2n) is 4.99. The third-order valence-corrected chi connectivity index (χ3v) is 3.97. The van der Waals surface area contributed by atoms with Crippen LogP contribution in [0.4, 0.5) is 0 Å². The van der Waals surface area contributed by atoms with Crippen molar-refractivity contribution in [1.29, 1.82) is 0 Å². The zero-order chi connectivity index (χ0) is 13.8. The Labute approximate surface area is 120 Å². The smallest absolute Gasteiger partial charge is 0.178 e. The Balaban J connectivity index is 2.23. The Morgan fingerprint density at radius 3 is 2.74 bits per heavy atom. The molecule has 0 aliphatic rings. The SMILES string of the molecule is CCCN(CC)CCn1c(=S)[nH]c2c(C)cccc21. The van der Waals surface area contributed by atoms with E-state index >= 15 is 0 Å². The highest BCUT2D eigenvalue weighted by molar-refractivity contribution is 7.71. The standard InChI is InChI=1S/C15H23N3S/c1-4-9-17(5-2)10-11-18-13-8-6-7-12(3)14(13)16-15(18)19/h6-8H,4-5,9-11H2,1-3H3,(H,16,19). The lowest BCUT2D eigenvalue weighted by Crippen LogP contribution is -2.28. The summed E-state index contributed by atoms with van der Waals surface area (Å²) in [6.45, 7) is 10.8.